The van der Waals surface area contributed by atoms with E-state index >= 15 is 8.78 Å². The van der Waals surface area contributed by atoms with E-state index in [4.69, 9.17) is 0 Å². The quantitative estimate of drug-likeness (QED) is 0.368. The molecular formula is C21H15F4N7O2S. The predicted molar refractivity (Wildman–Crippen MR) is 116 cm³/mol. The van der Waals surface area contributed by atoms with E-state index in [1.54, 1.807) is 7.05 Å². The van der Waals surface area contributed by atoms with Crippen molar-refractivity contribution in [2.75, 3.05) is 7.05 Å². The molecule has 0 saturated carbocycles. The number of alkyl halides is 2. The molecule has 5 rings (SSSR count). The first-order chi connectivity index (χ1) is 16.5. The Hall–Kier alpha value is -3.91. The van der Waals surface area contributed by atoms with Crippen LogP contribution in [0.2, 0.25) is 0 Å². The van der Waals surface area contributed by atoms with E-state index in [1.165, 1.54) is 29.1 Å². The van der Waals surface area contributed by atoms with Crippen LogP contribution in [0.25, 0.3) is 27.8 Å². The van der Waals surface area contributed by atoms with Crippen LogP contribution < -0.4 is 4.72 Å². The first-order valence-electron chi connectivity index (χ1n) is 9.99. The number of hydrogen-bond acceptors (Lipinski definition) is 6. The molecule has 0 atom stereocenters. The van der Waals surface area contributed by atoms with Crippen LogP contribution in [-0.4, -0.2) is 45.1 Å². The summed E-state index contributed by atoms with van der Waals surface area (Å²) in [7, 11) is -1.32. The second-order valence-corrected chi connectivity index (χ2v) is 9.49. The summed E-state index contributed by atoms with van der Waals surface area (Å²) in [6, 6.07) is 7.82. The zero-order valence-electron chi connectivity index (χ0n) is 18.0. The van der Waals surface area contributed by atoms with Gasteiger partial charge >= 0.3 is 5.92 Å². The molecule has 3 heterocycles. The predicted octanol–water partition coefficient (Wildman–Crippen LogP) is 3.00. The number of hydrogen-bond donors (Lipinski definition) is 1. The van der Waals surface area contributed by atoms with Crippen molar-refractivity contribution in [3.63, 3.8) is 0 Å². The van der Waals surface area contributed by atoms with Crippen molar-refractivity contribution in [2.24, 2.45) is 7.05 Å². The summed E-state index contributed by atoms with van der Waals surface area (Å²) < 4.78 is 88.1. The molecule has 180 valence electrons. The number of sulfonamides is 1. The largest absolute Gasteiger partial charge is 0.336 e. The van der Waals surface area contributed by atoms with Gasteiger partial charge in [0.1, 0.15) is 16.5 Å². The summed E-state index contributed by atoms with van der Waals surface area (Å²) in [5, 5.41) is 15.6. The van der Waals surface area contributed by atoms with Gasteiger partial charge in [0.15, 0.2) is 5.65 Å². The van der Waals surface area contributed by atoms with Crippen LogP contribution in [0.4, 0.5) is 17.6 Å². The van der Waals surface area contributed by atoms with Crippen molar-refractivity contribution < 1.29 is 26.0 Å². The fraction of sp³-hybridized carbons (Fsp3) is 0.143. The maximum Gasteiger partial charge on any atom is 0.336 e. The minimum atomic E-state index is -4.04. The number of halogens is 4. The van der Waals surface area contributed by atoms with Gasteiger partial charge in [0.05, 0.1) is 16.8 Å². The van der Waals surface area contributed by atoms with Crippen molar-refractivity contribution in [2.45, 2.75) is 10.8 Å². The van der Waals surface area contributed by atoms with Crippen LogP contribution in [0.5, 0.6) is 0 Å². The average Bonchev–Trinajstić information content (AvgIpc) is 3.40. The van der Waals surface area contributed by atoms with E-state index in [0.29, 0.717) is 5.39 Å². The number of nitrogens with zero attached hydrogens (tertiary/aromatic N) is 6. The Kier molecular flexibility index (Phi) is 5.10. The Morgan fingerprint density at radius 3 is 2.46 bits per heavy atom. The molecule has 0 spiro atoms. The SMILES string of the molecule is CNS(=O)(=O)c1ccc(-c2ccc3nnc(C(F)(F)c4cc5cn(C)nc5cc4F)n3n2)cc1F. The molecule has 0 bridgehead atoms. The molecule has 0 saturated heterocycles. The molecule has 0 aliphatic rings. The van der Waals surface area contributed by atoms with Gasteiger partial charge in [-0.3, -0.25) is 4.68 Å². The van der Waals surface area contributed by atoms with Crippen LogP contribution in [0.1, 0.15) is 11.4 Å². The lowest BCUT2D eigenvalue weighted by atomic mass is 10.0. The molecular weight excluding hydrogens is 490 g/mol. The van der Waals surface area contributed by atoms with Gasteiger partial charge in [0.25, 0.3) is 0 Å². The van der Waals surface area contributed by atoms with E-state index in [-0.39, 0.29) is 22.4 Å². The molecule has 0 aliphatic heterocycles. The lowest BCUT2D eigenvalue weighted by Gasteiger charge is -2.15. The van der Waals surface area contributed by atoms with E-state index in [0.717, 1.165) is 35.8 Å². The van der Waals surface area contributed by atoms with Gasteiger partial charge < -0.3 is 0 Å². The number of aromatic nitrogens is 6. The van der Waals surface area contributed by atoms with E-state index < -0.39 is 43.9 Å². The first kappa shape index (κ1) is 22.9. The number of nitrogens with one attached hydrogen (secondary N) is 1. The van der Waals surface area contributed by atoms with Gasteiger partial charge in [-0.05, 0) is 37.4 Å². The molecule has 2 aromatic carbocycles. The van der Waals surface area contributed by atoms with E-state index in [2.05, 4.69) is 20.4 Å². The molecule has 14 heteroatoms. The van der Waals surface area contributed by atoms with Crippen LogP contribution in [0.15, 0.2) is 53.6 Å². The second kappa shape index (κ2) is 7.81. The molecule has 0 amide bonds. The third kappa shape index (κ3) is 3.70. The Morgan fingerprint density at radius 2 is 1.74 bits per heavy atom. The smallest absolute Gasteiger partial charge is 0.275 e. The average molecular weight is 505 g/mol. The van der Waals surface area contributed by atoms with E-state index in [9.17, 15) is 17.2 Å². The fourth-order valence-electron chi connectivity index (χ4n) is 3.66. The van der Waals surface area contributed by atoms with Gasteiger partial charge in [0, 0.05) is 30.3 Å². The van der Waals surface area contributed by atoms with Gasteiger partial charge in [0.2, 0.25) is 15.8 Å². The topological polar surface area (TPSA) is 107 Å². The Morgan fingerprint density at radius 1 is 0.971 bits per heavy atom. The molecule has 1 N–H and O–H groups in total. The van der Waals surface area contributed by atoms with Crippen LogP contribution in [0.3, 0.4) is 0 Å². The maximum absolute atomic E-state index is 15.5. The molecule has 0 radical (unpaired) electrons. The highest BCUT2D eigenvalue weighted by atomic mass is 32.2. The first-order valence-corrected chi connectivity index (χ1v) is 11.5. The number of rotatable bonds is 5. The minimum Gasteiger partial charge on any atom is -0.275 e. The number of fused-ring (bicyclic) bond motifs is 2. The van der Waals surface area contributed by atoms with Crippen molar-refractivity contribution in [1.82, 2.24) is 34.3 Å². The van der Waals surface area contributed by atoms with Crippen molar-refractivity contribution >= 4 is 26.6 Å². The monoisotopic (exact) mass is 505 g/mol. The van der Waals surface area contributed by atoms with Crippen molar-refractivity contribution in [3.8, 4) is 11.3 Å². The lowest BCUT2D eigenvalue weighted by Crippen LogP contribution is -2.22. The Balaban J connectivity index is 1.62. The normalized spacial score (nSPS) is 12.6. The molecule has 0 unspecified atom stereocenters. The van der Waals surface area contributed by atoms with E-state index in [1.807, 2.05) is 4.72 Å². The Labute approximate surface area is 195 Å². The highest BCUT2D eigenvalue weighted by molar-refractivity contribution is 7.89. The highest BCUT2D eigenvalue weighted by Crippen LogP contribution is 2.38. The van der Waals surface area contributed by atoms with Gasteiger partial charge in [-0.2, -0.15) is 23.5 Å². The summed E-state index contributed by atoms with van der Waals surface area (Å²) in [6.45, 7) is 0. The molecule has 5 aromatic rings. The van der Waals surface area contributed by atoms with Crippen molar-refractivity contribution in [1.29, 1.82) is 0 Å². The summed E-state index contributed by atoms with van der Waals surface area (Å²) >= 11 is 0. The molecule has 3 aromatic heterocycles. The summed E-state index contributed by atoms with van der Waals surface area (Å²) in [4.78, 5) is -0.581. The lowest BCUT2D eigenvalue weighted by molar-refractivity contribution is 0.0270. The summed E-state index contributed by atoms with van der Waals surface area (Å²) in [5.41, 5.74) is -0.634. The second-order valence-electron chi connectivity index (χ2n) is 7.63. The van der Waals surface area contributed by atoms with Crippen molar-refractivity contribution in [3.05, 3.63) is 71.7 Å². The summed E-state index contributed by atoms with van der Waals surface area (Å²) in [5.74, 6) is -7.13. The zero-order valence-corrected chi connectivity index (χ0v) is 18.9. The zero-order chi connectivity index (χ0) is 25.1. The molecule has 35 heavy (non-hydrogen) atoms. The third-order valence-corrected chi connectivity index (χ3v) is 6.82. The van der Waals surface area contributed by atoms with Crippen LogP contribution in [0, 0.1) is 11.6 Å². The highest BCUT2D eigenvalue weighted by Gasteiger charge is 2.42. The maximum atomic E-state index is 15.5. The number of benzene rings is 2. The number of aryl methyl sites for hydroxylation is 1. The van der Waals surface area contributed by atoms with Gasteiger partial charge in [-0.25, -0.2) is 21.9 Å². The molecule has 0 fully saturated rings. The van der Waals surface area contributed by atoms with Gasteiger partial charge in [-0.15, -0.1) is 10.2 Å². The fourth-order valence-corrected chi connectivity index (χ4v) is 4.44. The third-order valence-electron chi connectivity index (χ3n) is 5.38. The standard InChI is InChI=1S/C21H15F4N7O2S/c1-26-35(33,34)18-5-3-11(8-15(18)23)16-4-6-19-27-28-20(32(19)30-16)21(24,25)13-7-12-10-31(2)29-17(12)9-14(13)22/h3-10,26H,1-2H3. The molecule has 9 nitrogen and oxygen atoms in total. The van der Waals surface area contributed by atoms with Gasteiger partial charge in [-0.1, -0.05) is 6.07 Å². The molecule has 0 aliphatic carbocycles. The van der Waals surface area contributed by atoms with Crippen LogP contribution in [-0.2, 0) is 23.0 Å². The summed E-state index contributed by atoms with van der Waals surface area (Å²) in [6.07, 6.45) is 1.47. The Bertz CT molecular complexity index is 1730. The van der Waals surface area contributed by atoms with Crippen LogP contribution >= 0.6 is 0 Å². The minimum absolute atomic E-state index is 0.0323.